The van der Waals surface area contributed by atoms with Gasteiger partial charge in [0.1, 0.15) is 15.7 Å². The van der Waals surface area contributed by atoms with Crippen molar-refractivity contribution in [3.63, 3.8) is 0 Å². The summed E-state index contributed by atoms with van der Waals surface area (Å²) >= 11 is 0. The third-order valence-electron chi connectivity index (χ3n) is 6.03. The van der Waals surface area contributed by atoms with Crippen molar-refractivity contribution in [2.75, 3.05) is 23.9 Å². The quantitative estimate of drug-likeness (QED) is 0.448. The molecule has 34 heavy (non-hydrogen) atoms. The van der Waals surface area contributed by atoms with Gasteiger partial charge in [-0.15, -0.1) is 0 Å². The minimum Gasteiger partial charge on any atom is -0.376 e. The predicted octanol–water partition coefficient (Wildman–Crippen LogP) is 2.84. The minimum absolute atomic E-state index is 0.00951. The van der Waals surface area contributed by atoms with Gasteiger partial charge in [-0.1, -0.05) is 12.1 Å². The number of carbonyl (C=O) groups is 1. The van der Waals surface area contributed by atoms with Crippen LogP contribution < -0.4 is 10.6 Å². The summed E-state index contributed by atoms with van der Waals surface area (Å²) in [7, 11) is -3.04. The second-order valence-electron chi connectivity index (χ2n) is 8.85. The van der Waals surface area contributed by atoms with Gasteiger partial charge < -0.3 is 19.9 Å². The smallest absolute Gasteiger partial charge is 0.224 e. The number of nitrogens with one attached hydrogen (secondary N) is 2. The molecule has 3 aromatic rings. The predicted molar refractivity (Wildman–Crippen MR) is 132 cm³/mol. The zero-order chi connectivity index (χ0) is 24.1. The number of ether oxygens (including phenoxy) is 1. The first-order valence-electron chi connectivity index (χ1n) is 11.5. The number of aromatic nitrogens is 3. The van der Waals surface area contributed by atoms with Crippen molar-refractivity contribution in [2.45, 2.75) is 51.3 Å². The number of sulfone groups is 1. The topological polar surface area (TPSA) is 115 Å². The van der Waals surface area contributed by atoms with E-state index in [9.17, 15) is 13.2 Å². The first-order valence-corrected chi connectivity index (χ1v) is 13.6. The van der Waals surface area contributed by atoms with Crippen LogP contribution in [-0.4, -0.2) is 59.6 Å². The van der Waals surface area contributed by atoms with Crippen LogP contribution in [0.5, 0.6) is 0 Å². The van der Waals surface area contributed by atoms with Gasteiger partial charge in [0.25, 0.3) is 0 Å². The van der Waals surface area contributed by atoms with Crippen LogP contribution >= 0.6 is 0 Å². The van der Waals surface area contributed by atoms with E-state index < -0.39 is 9.84 Å². The molecule has 182 valence electrons. The highest BCUT2D eigenvalue weighted by Crippen LogP contribution is 2.25. The van der Waals surface area contributed by atoms with Gasteiger partial charge in [0.05, 0.1) is 24.5 Å². The summed E-state index contributed by atoms with van der Waals surface area (Å²) in [6, 6.07) is 10.4. The van der Waals surface area contributed by atoms with E-state index in [0.29, 0.717) is 12.6 Å². The maximum atomic E-state index is 11.3. The van der Waals surface area contributed by atoms with Gasteiger partial charge in [-0.2, -0.15) is 4.98 Å². The molecule has 1 aromatic carbocycles. The second-order valence-corrected chi connectivity index (χ2v) is 11.1. The van der Waals surface area contributed by atoms with Crippen molar-refractivity contribution in [3.05, 3.63) is 48.3 Å². The monoisotopic (exact) mass is 485 g/mol. The molecule has 0 bridgehead atoms. The van der Waals surface area contributed by atoms with Gasteiger partial charge in [0.15, 0.2) is 0 Å². The number of benzene rings is 1. The lowest BCUT2D eigenvalue weighted by Gasteiger charge is -2.29. The third kappa shape index (κ3) is 6.32. The Morgan fingerprint density at radius 2 is 1.91 bits per heavy atom. The van der Waals surface area contributed by atoms with E-state index >= 15 is 0 Å². The molecule has 2 N–H and O–H groups in total. The van der Waals surface area contributed by atoms with E-state index in [1.165, 1.54) is 6.26 Å². The van der Waals surface area contributed by atoms with E-state index in [-0.39, 0.29) is 30.4 Å². The third-order valence-corrected chi connectivity index (χ3v) is 6.94. The minimum atomic E-state index is -3.04. The molecule has 1 amide bonds. The first-order chi connectivity index (χ1) is 16.3. The Morgan fingerprint density at radius 3 is 2.65 bits per heavy atom. The maximum absolute atomic E-state index is 11.3. The standard InChI is InChI=1S/C24H31N5O4S/c1-17(30)26-19-6-8-20(9-7-19)27-24-25-12-10-23(28-24)29-13-11-21-18(4-3-5-22(21)29)16-33-14-15-34(2,31)32/h3-5,10-13,19-20H,6-9,14-16H2,1-2H3,(H,26,30)(H,25,27,28)/t19-,20-. The maximum Gasteiger partial charge on any atom is 0.224 e. The molecule has 10 heteroatoms. The van der Waals surface area contributed by atoms with Gasteiger partial charge in [0.2, 0.25) is 11.9 Å². The molecule has 2 aromatic heterocycles. The number of rotatable bonds is 9. The van der Waals surface area contributed by atoms with Gasteiger partial charge in [-0.05, 0) is 49.4 Å². The Bertz CT molecular complexity index is 1250. The molecule has 9 nitrogen and oxygen atoms in total. The summed E-state index contributed by atoms with van der Waals surface area (Å²) in [5, 5.41) is 7.48. The summed E-state index contributed by atoms with van der Waals surface area (Å²) in [6.07, 6.45) is 8.70. The van der Waals surface area contributed by atoms with Crippen LogP contribution in [0, 0.1) is 0 Å². The molecule has 1 fully saturated rings. The SMILES string of the molecule is CC(=O)N[C@H]1CC[C@H](Nc2nccc(-n3ccc4c(COCCS(C)(=O)=O)cccc43)n2)CC1. The lowest BCUT2D eigenvalue weighted by Crippen LogP contribution is -2.39. The average Bonchev–Trinajstić information content (AvgIpc) is 3.22. The Balaban J connectivity index is 1.43. The average molecular weight is 486 g/mol. The lowest BCUT2D eigenvalue weighted by atomic mass is 9.91. The molecule has 0 saturated heterocycles. The number of amides is 1. The highest BCUT2D eigenvalue weighted by molar-refractivity contribution is 7.90. The fraction of sp³-hybridized carbons (Fsp3) is 0.458. The molecule has 0 radical (unpaired) electrons. The number of hydrogen-bond acceptors (Lipinski definition) is 7. The summed E-state index contributed by atoms with van der Waals surface area (Å²) in [4.78, 5) is 20.4. The molecular formula is C24H31N5O4S. The van der Waals surface area contributed by atoms with Crippen LogP contribution in [0.25, 0.3) is 16.7 Å². The molecule has 0 unspecified atom stereocenters. The van der Waals surface area contributed by atoms with Gasteiger partial charge in [-0.25, -0.2) is 13.4 Å². The number of carbonyl (C=O) groups excluding carboxylic acids is 1. The molecule has 4 rings (SSSR count). The van der Waals surface area contributed by atoms with Crippen LogP contribution in [0.15, 0.2) is 42.7 Å². The fourth-order valence-corrected chi connectivity index (χ4v) is 4.78. The normalized spacial score (nSPS) is 18.6. The largest absolute Gasteiger partial charge is 0.376 e. The van der Waals surface area contributed by atoms with E-state index in [0.717, 1.165) is 48.0 Å². The van der Waals surface area contributed by atoms with Crippen molar-refractivity contribution < 1.29 is 17.9 Å². The van der Waals surface area contributed by atoms with Crippen molar-refractivity contribution in [1.29, 1.82) is 0 Å². The second kappa shape index (κ2) is 10.5. The Hall–Kier alpha value is -2.98. The summed E-state index contributed by atoms with van der Waals surface area (Å²) in [5.74, 6) is 1.38. The zero-order valence-corrected chi connectivity index (χ0v) is 20.3. The number of hydrogen-bond donors (Lipinski definition) is 2. The van der Waals surface area contributed by atoms with Crippen LogP contribution in [0.4, 0.5) is 5.95 Å². The highest BCUT2D eigenvalue weighted by Gasteiger charge is 2.22. The summed E-state index contributed by atoms with van der Waals surface area (Å²) < 4.78 is 30.2. The van der Waals surface area contributed by atoms with Gasteiger partial charge >= 0.3 is 0 Å². The molecule has 2 heterocycles. The Kier molecular flexibility index (Phi) is 7.47. The highest BCUT2D eigenvalue weighted by atomic mass is 32.2. The number of fused-ring (bicyclic) bond motifs is 1. The molecular weight excluding hydrogens is 454 g/mol. The molecule has 0 aliphatic heterocycles. The van der Waals surface area contributed by atoms with E-state index in [2.05, 4.69) is 15.6 Å². The molecule has 1 aliphatic carbocycles. The Morgan fingerprint density at radius 1 is 1.15 bits per heavy atom. The van der Waals surface area contributed by atoms with Crippen molar-refractivity contribution in [2.24, 2.45) is 0 Å². The lowest BCUT2D eigenvalue weighted by molar-refractivity contribution is -0.119. The van der Waals surface area contributed by atoms with Crippen LogP contribution in [-0.2, 0) is 26.0 Å². The molecule has 0 spiro atoms. The van der Waals surface area contributed by atoms with E-state index in [1.807, 2.05) is 41.1 Å². The number of nitrogens with zero attached hydrogens (tertiary/aromatic N) is 3. The summed E-state index contributed by atoms with van der Waals surface area (Å²) in [5.41, 5.74) is 1.98. The number of anilines is 1. The first kappa shape index (κ1) is 24.2. The van der Waals surface area contributed by atoms with Crippen LogP contribution in [0.1, 0.15) is 38.2 Å². The van der Waals surface area contributed by atoms with Crippen molar-refractivity contribution in [3.8, 4) is 5.82 Å². The summed E-state index contributed by atoms with van der Waals surface area (Å²) in [6.45, 7) is 2.07. The molecule has 1 saturated carbocycles. The van der Waals surface area contributed by atoms with Crippen molar-refractivity contribution >= 4 is 32.6 Å². The van der Waals surface area contributed by atoms with Gasteiger partial charge in [-0.3, -0.25) is 4.79 Å². The van der Waals surface area contributed by atoms with Gasteiger partial charge in [0, 0.05) is 43.0 Å². The Labute approximate surface area is 199 Å². The molecule has 1 aliphatic rings. The van der Waals surface area contributed by atoms with Crippen LogP contribution in [0.2, 0.25) is 0 Å². The van der Waals surface area contributed by atoms with Crippen LogP contribution in [0.3, 0.4) is 0 Å². The fourth-order valence-electron chi connectivity index (χ4n) is 4.35. The molecule has 0 atom stereocenters. The van der Waals surface area contributed by atoms with E-state index in [1.54, 1.807) is 13.1 Å². The van der Waals surface area contributed by atoms with Crippen molar-refractivity contribution in [1.82, 2.24) is 19.9 Å². The zero-order valence-electron chi connectivity index (χ0n) is 19.5. The van der Waals surface area contributed by atoms with E-state index in [4.69, 9.17) is 9.72 Å².